The minimum atomic E-state index is -0.716. The van der Waals surface area contributed by atoms with Crippen molar-refractivity contribution in [1.82, 2.24) is 10.6 Å². The van der Waals surface area contributed by atoms with E-state index in [9.17, 15) is 14.4 Å². The summed E-state index contributed by atoms with van der Waals surface area (Å²) in [5.74, 6) is -1.60. The van der Waals surface area contributed by atoms with Crippen molar-refractivity contribution in [3.63, 3.8) is 0 Å². The molecule has 3 amide bonds. The molecule has 1 aliphatic heterocycles. The molecule has 2 rings (SSSR count). The molecule has 1 aliphatic rings. The minimum Gasteiger partial charge on any atom is -0.358 e. The smallest absolute Gasteiger partial charge is 0.239 e. The number of hydrogen-bond donors (Lipinski definition) is 2. The molecular weight excluding hydrogens is 282 g/mol. The molecule has 1 fully saturated rings. The molecule has 0 spiro atoms. The number of anilines is 1. The van der Waals surface area contributed by atoms with Gasteiger partial charge in [-0.15, -0.1) is 0 Å². The highest BCUT2D eigenvalue weighted by atomic mass is 16.2. The summed E-state index contributed by atoms with van der Waals surface area (Å²) in [6.45, 7) is 4.41. The number of carbonyl (C=O) groups excluding carboxylic acids is 3. The van der Waals surface area contributed by atoms with Crippen molar-refractivity contribution in [1.29, 1.82) is 0 Å². The summed E-state index contributed by atoms with van der Waals surface area (Å²) in [5.41, 5.74) is 3.09. The Kier molecular flexibility index (Phi) is 4.80. The lowest BCUT2D eigenvalue weighted by Gasteiger charge is -2.18. The molecule has 1 saturated heterocycles. The average Bonchev–Trinajstić information content (AvgIpc) is 2.89. The Labute approximate surface area is 129 Å². The molecule has 1 heterocycles. The van der Waals surface area contributed by atoms with Crippen molar-refractivity contribution in [2.24, 2.45) is 5.92 Å². The molecular formula is C16H21N3O3. The zero-order valence-electron chi connectivity index (χ0n) is 13.1. The summed E-state index contributed by atoms with van der Waals surface area (Å²) < 4.78 is 0. The van der Waals surface area contributed by atoms with Gasteiger partial charge in [0.2, 0.25) is 17.7 Å². The molecule has 22 heavy (non-hydrogen) atoms. The fourth-order valence-electron chi connectivity index (χ4n) is 2.45. The van der Waals surface area contributed by atoms with Gasteiger partial charge >= 0.3 is 0 Å². The predicted octanol–water partition coefficient (Wildman–Crippen LogP) is 0.519. The predicted molar refractivity (Wildman–Crippen MR) is 83.5 cm³/mol. The fraction of sp³-hybridized carbons (Fsp3) is 0.438. The molecule has 0 unspecified atom stereocenters. The number of hydrogen-bond acceptors (Lipinski definition) is 3. The quantitative estimate of drug-likeness (QED) is 0.796. The van der Waals surface area contributed by atoms with E-state index in [1.165, 1.54) is 7.05 Å². The Morgan fingerprint density at radius 2 is 2.00 bits per heavy atom. The third-order valence-corrected chi connectivity index (χ3v) is 4.03. The third-order valence-electron chi connectivity index (χ3n) is 4.03. The first-order valence-electron chi connectivity index (χ1n) is 7.31. The maximum absolute atomic E-state index is 12.4. The SMILES string of the molecule is CNC(=O)CNC(=O)[C@@H]1CCN(c2ccc(C)c(C)c2)C1=O. The molecule has 1 atom stereocenters. The minimum absolute atomic E-state index is 0.108. The molecule has 118 valence electrons. The van der Waals surface area contributed by atoms with E-state index in [0.717, 1.165) is 16.8 Å². The van der Waals surface area contributed by atoms with Crippen LogP contribution in [-0.4, -0.2) is 37.9 Å². The number of nitrogens with one attached hydrogen (secondary N) is 2. The first-order chi connectivity index (χ1) is 10.4. The van der Waals surface area contributed by atoms with Crippen LogP contribution in [0.5, 0.6) is 0 Å². The van der Waals surface area contributed by atoms with Gasteiger partial charge in [0.25, 0.3) is 0 Å². The summed E-state index contributed by atoms with van der Waals surface area (Å²) in [7, 11) is 1.50. The normalized spacial score (nSPS) is 17.5. The lowest BCUT2D eigenvalue weighted by Crippen LogP contribution is -2.41. The van der Waals surface area contributed by atoms with Gasteiger partial charge in [-0.25, -0.2) is 0 Å². The second-order valence-corrected chi connectivity index (χ2v) is 5.49. The topological polar surface area (TPSA) is 78.5 Å². The van der Waals surface area contributed by atoms with E-state index in [0.29, 0.717) is 13.0 Å². The summed E-state index contributed by atoms with van der Waals surface area (Å²) >= 11 is 0. The van der Waals surface area contributed by atoms with Gasteiger partial charge in [0.15, 0.2) is 0 Å². The van der Waals surface area contributed by atoms with E-state index < -0.39 is 5.92 Å². The molecule has 0 saturated carbocycles. The van der Waals surface area contributed by atoms with Crippen molar-refractivity contribution in [2.75, 3.05) is 25.0 Å². The Bertz CT molecular complexity index is 613. The molecule has 1 aromatic rings. The Hall–Kier alpha value is -2.37. The van der Waals surface area contributed by atoms with Crippen molar-refractivity contribution < 1.29 is 14.4 Å². The van der Waals surface area contributed by atoms with Crippen LogP contribution in [0, 0.1) is 19.8 Å². The third kappa shape index (κ3) is 3.27. The molecule has 0 aliphatic carbocycles. The Morgan fingerprint density at radius 3 is 2.64 bits per heavy atom. The molecule has 6 nitrogen and oxygen atoms in total. The second kappa shape index (κ2) is 6.60. The van der Waals surface area contributed by atoms with Gasteiger partial charge in [0.1, 0.15) is 5.92 Å². The van der Waals surface area contributed by atoms with Crippen molar-refractivity contribution in [2.45, 2.75) is 20.3 Å². The van der Waals surface area contributed by atoms with Crippen LogP contribution in [0.15, 0.2) is 18.2 Å². The summed E-state index contributed by atoms with van der Waals surface area (Å²) in [5, 5.41) is 4.92. The highest BCUT2D eigenvalue weighted by Gasteiger charge is 2.37. The fourth-order valence-corrected chi connectivity index (χ4v) is 2.45. The van der Waals surface area contributed by atoms with Gasteiger partial charge in [0.05, 0.1) is 6.54 Å². The van der Waals surface area contributed by atoms with Crippen LogP contribution in [0.2, 0.25) is 0 Å². The lowest BCUT2D eigenvalue weighted by molar-refractivity contribution is -0.133. The van der Waals surface area contributed by atoms with Crippen LogP contribution in [0.1, 0.15) is 17.5 Å². The number of nitrogens with zero attached hydrogens (tertiary/aromatic N) is 1. The maximum Gasteiger partial charge on any atom is 0.239 e. The van der Waals surface area contributed by atoms with Gasteiger partial charge < -0.3 is 15.5 Å². The van der Waals surface area contributed by atoms with Gasteiger partial charge in [-0.1, -0.05) is 6.07 Å². The van der Waals surface area contributed by atoms with Crippen LogP contribution in [0.25, 0.3) is 0 Å². The van der Waals surface area contributed by atoms with Crippen LogP contribution in [0.4, 0.5) is 5.69 Å². The van der Waals surface area contributed by atoms with Crippen LogP contribution < -0.4 is 15.5 Å². The number of likely N-dealkylation sites (N-methyl/N-ethyl adjacent to an activating group) is 1. The van der Waals surface area contributed by atoms with E-state index in [4.69, 9.17) is 0 Å². The molecule has 0 bridgehead atoms. The van der Waals surface area contributed by atoms with E-state index in [1.807, 2.05) is 32.0 Å². The van der Waals surface area contributed by atoms with E-state index in [2.05, 4.69) is 10.6 Å². The molecule has 1 aromatic carbocycles. The second-order valence-electron chi connectivity index (χ2n) is 5.49. The van der Waals surface area contributed by atoms with Gasteiger partial charge in [-0.3, -0.25) is 14.4 Å². The number of benzene rings is 1. The Morgan fingerprint density at radius 1 is 1.27 bits per heavy atom. The standard InChI is InChI=1S/C16H21N3O3/c1-10-4-5-12(8-11(10)2)19-7-6-13(16(19)22)15(21)18-9-14(20)17-3/h4-5,8,13H,6-7,9H2,1-3H3,(H,17,20)(H,18,21)/t13-/m0/s1. The first kappa shape index (κ1) is 16.0. The summed E-state index contributed by atoms with van der Waals surface area (Å²) in [6.07, 6.45) is 0.464. The molecule has 0 aromatic heterocycles. The maximum atomic E-state index is 12.4. The van der Waals surface area contributed by atoms with Crippen LogP contribution in [-0.2, 0) is 14.4 Å². The van der Waals surface area contributed by atoms with E-state index in [1.54, 1.807) is 4.90 Å². The van der Waals surface area contributed by atoms with Gasteiger partial charge in [-0.05, 0) is 43.5 Å². The molecule has 6 heteroatoms. The van der Waals surface area contributed by atoms with Crippen LogP contribution >= 0.6 is 0 Å². The number of amides is 3. The largest absolute Gasteiger partial charge is 0.358 e. The number of carbonyl (C=O) groups is 3. The molecule has 2 N–H and O–H groups in total. The number of aryl methyl sites for hydroxylation is 2. The Balaban J connectivity index is 2.04. The lowest BCUT2D eigenvalue weighted by atomic mass is 10.1. The van der Waals surface area contributed by atoms with Crippen molar-refractivity contribution in [3.05, 3.63) is 29.3 Å². The van der Waals surface area contributed by atoms with Crippen LogP contribution in [0.3, 0.4) is 0 Å². The zero-order valence-corrected chi connectivity index (χ0v) is 13.1. The van der Waals surface area contributed by atoms with E-state index in [-0.39, 0.29) is 24.3 Å². The monoisotopic (exact) mass is 303 g/mol. The average molecular weight is 303 g/mol. The summed E-state index contributed by atoms with van der Waals surface area (Å²) in [4.78, 5) is 37.2. The van der Waals surface area contributed by atoms with E-state index >= 15 is 0 Å². The van der Waals surface area contributed by atoms with Crippen molar-refractivity contribution >= 4 is 23.4 Å². The zero-order chi connectivity index (χ0) is 16.3. The highest BCUT2D eigenvalue weighted by molar-refractivity contribution is 6.10. The van der Waals surface area contributed by atoms with Gasteiger partial charge in [0, 0.05) is 19.3 Å². The molecule has 0 radical (unpaired) electrons. The first-order valence-corrected chi connectivity index (χ1v) is 7.31. The number of rotatable bonds is 4. The highest BCUT2D eigenvalue weighted by Crippen LogP contribution is 2.27. The van der Waals surface area contributed by atoms with Gasteiger partial charge in [-0.2, -0.15) is 0 Å². The van der Waals surface area contributed by atoms with Crippen molar-refractivity contribution in [3.8, 4) is 0 Å². The summed E-state index contributed by atoms with van der Waals surface area (Å²) in [6, 6.07) is 5.82.